The Kier molecular flexibility index (Phi) is 4.50. The lowest BCUT2D eigenvalue weighted by atomic mass is 9.95. The van der Waals surface area contributed by atoms with Gasteiger partial charge in [0.1, 0.15) is 0 Å². The highest BCUT2D eigenvalue weighted by molar-refractivity contribution is 7.89. The molecule has 0 aliphatic heterocycles. The molecule has 1 atom stereocenters. The van der Waals surface area contributed by atoms with Crippen molar-refractivity contribution < 1.29 is 8.42 Å². The van der Waals surface area contributed by atoms with Gasteiger partial charge < -0.3 is 5.73 Å². The second-order valence-electron chi connectivity index (χ2n) is 5.46. The Morgan fingerprint density at radius 3 is 2.70 bits per heavy atom. The SMILES string of the molecule is Cc1cc(N)cc(S(=O)(=O)NCC2CC=CCC2)c1C. The Morgan fingerprint density at radius 1 is 1.30 bits per heavy atom. The molecule has 1 aliphatic rings. The minimum atomic E-state index is -3.49. The van der Waals surface area contributed by atoms with Gasteiger partial charge in [-0.05, 0) is 62.3 Å². The topological polar surface area (TPSA) is 72.2 Å². The molecule has 0 bridgehead atoms. The molecule has 0 spiro atoms. The smallest absolute Gasteiger partial charge is 0.240 e. The largest absolute Gasteiger partial charge is 0.399 e. The van der Waals surface area contributed by atoms with E-state index in [9.17, 15) is 8.42 Å². The predicted octanol–water partition coefficient (Wildman–Crippen LogP) is 2.52. The first-order valence-electron chi connectivity index (χ1n) is 6.91. The predicted molar refractivity (Wildman–Crippen MR) is 82.0 cm³/mol. The fourth-order valence-corrected chi connectivity index (χ4v) is 3.95. The molecule has 0 aromatic heterocycles. The van der Waals surface area contributed by atoms with Gasteiger partial charge in [-0.15, -0.1) is 0 Å². The maximum atomic E-state index is 12.4. The molecule has 4 nitrogen and oxygen atoms in total. The van der Waals surface area contributed by atoms with Gasteiger partial charge >= 0.3 is 0 Å². The summed E-state index contributed by atoms with van der Waals surface area (Å²) in [5.74, 6) is 0.386. The number of hydrogen-bond donors (Lipinski definition) is 2. The van der Waals surface area contributed by atoms with Crippen LogP contribution in [-0.2, 0) is 10.0 Å². The van der Waals surface area contributed by atoms with Crippen LogP contribution in [0.2, 0.25) is 0 Å². The Balaban J connectivity index is 2.16. The minimum absolute atomic E-state index is 0.293. The molecule has 0 radical (unpaired) electrons. The summed E-state index contributed by atoms with van der Waals surface area (Å²) in [7, 11) is -3.49. The molecule has 110 valence electrons. The highest BCUT2D eigenvalue weighted by Gasteiger charge is 2.20. The number of nitrogens with one attached hydrogen (secondary N) is 1. The normalized spacial score (nSPS) is 19.2. The van der Waals surface area contributed by atoms with Crippen LogP contribution in [-0.4, -0.2) is 15.0 Å². The van der Waals surface area contributed by atoms with Gasteiger partial charge in [-0.2, -0.15) is 0 Å². The number of anilines is 1. The molecule has 1 aliphatic carbocycles. The van der Waals surface area contributed by atoms with Crippen molar-refractivity contribution in [3.05, 3.63) is 35.4 Å². The Morgan fingerprint density at radius 2 is 2.05 bits per heavy atom. The first kappa shape index (κ1) is 15.1. The van der Waals surface area contributed by atoms with E-state index in [0.29, 0.717) is 23.0 Å². The molecule has 3 N–H and O–H groups in total. The van der Waals surface area contributed by atoms with Gasteiger partial charge in [0.05, 0.1) is 4.90 Å². The Labute approximate surface area is 121 Å². The second kappa shape index (κ2) is 5.97. The second-order valence-corrected chi connectivity index (χ2v) is 7.20. The van der Waals surface area contributed by atoms with Crippen LogP contribution >= 0.6 is 0 Å². The monoisotopic (exact) mass is 294 g/mol. The lowest BCUT2D eigenvalue weighted by Gasteiger charge is -2.19. The van der Waals surface area contributed by atoms with Crippen LogP contribution in [0, 0.1) is 19.8 Å². The fourth-order valence-electron chi connectivity index (χ4n) is 2.48. The van der Waals surface area contributed by atoms with Crippen molar-refractivity contribution in [2.45, 2.75) is 38.0 Å². The van der Waals surface area contributed by atoms with Crippen molar-refractivity contribution >= 4 is 15.7 Å². The summed E-state index contributed by atoms with van der Waals surface area (Å²) in [6.07, 6.45) is 7.28. The van der Waals surface area contributed by atoms with E-state index in [4.69, 9.17) is 5.73 Å². The molecule has 20 heavy (non-hydrogen) atoms. The van der Waals surface area contributed by atoms with Crippen molar-refractivity contribution in [1.29, 1.82) is 0 Å². The van der Waals surface area contributed by atoms with Crippen molar-refractivity contribution in [3.8, 4) is 0 Å². The molecular weight excluding hydrogens is 272 g/mol. The Bertz CT molecular complexity index is 621. The van der Waals surface area contributed by atoms with Gasteiger partial charge in [-0.1, -0.05) is 12.2 Å². The van der Waals surface area contributed by atoms with E-state index in [-0.39, 0.29) is 0 Å². The van der Waals surface area contributed by atoms with Gasteiger partial charge in [0, 0.05) is 12.2 Å². The number of allylic oxidation sites excluding steroid dienone is 2. The van der Waals surface area contributed by atoms with Gasteiger partial charge in [-0.3, -0.25) is 0 Å². The number of sulfonamides is 1. The quantitative estimate of drug-likeness (QED) is 0.662. The summed E-state index contributed by atoms with van der Waals surface area (Å²) < 4.78 is 27.6. The highest BCUT2D eigenvalue weighted by atomic mass is 32.2. The van der Waals surface area contributed by atoms with Crippen LogP contribution in [0.4, 0.5) is 5.69 Å². The number of nitrogen functional groups attached to an aromatic ring is 1. The highest BCUT2D eigenvalue weighted by Crippen LogP contribution is 2.23. The maximum absolute atomic E-state index is 12.4. The molecule has 0 saturated heterocycles. The van der Waals surface area contributed by atoms with Crippen LogP contribution in [0.15, 0.2) is 29.2 Å². The molecule has 2 rings (SSSR count). The number of aryl methyl sites for hydroxylation is 1. The number of hydrogen-bond acceptors (Lipinski definition) is 3. The van der Waals surface area contributed by atoms with Crippen LogP contribution in [0.3, 0.4) is 0 Å². The van der Waals surface area contributed by atoms with Crippen LogP contribution < -0.4 is 10.5 Å². The summed E-state index contributed by atoms with van der Waals surface area (Å²) in [4.78, 5) is 0.293. The number of rotatable bonds is 4. The standard InChI is InChI=1S/C15H22N2O2S/c1-11-8-14(16)9-15(12(11)2)20(18,19)17-10-13-6-4-3-5-7-13/h3-4,8-9,13,17H,5-7,10,16H2,1-2H3. The van der Waals surface area contributed by atoms with E-state index >= 15 is 0 Å². The molecule has 0 saturated carbocycles. The van der Waals surface area contributed by atoms with Gasteiger partial charge in [-0.25, -0.2) is 13.1 Å². The van der Waals surface area contributed by atoms with E-state index < -0.39 is 10.0 Å². The molecule has 1 unspecified atom stereocenters. The van der Waals surface area contributed by atoms with E-state index in [1.165, 1.54) is 6.07 Å². The average molecular weight is 294 g/mol. The van der Waals surface area contributed by atoms with E-state index in [1.807, 2.05) is 13.8 Å². The molecule has 0 heterocycles. The third kappa shape index (κ3) is 3.41. The summed E-state index contributed by atoms with van der Waals surface area (Å²) in [5.41, 5.74) is 7.90. The number of nitrogens with two attached hydrogens (primary N) is 1. The molecule has 1 aromatic rings. The summed E-state index contributed by atoms with van der Waals surface area (Å²) in [6.45, 7) is 4.17. The van der Waals surface area contributed by atoms with Gasteiger partial charge in [0.15, 0.2) is 0 Å². The molecule has 0 amide bonds. The van der Waals surface area contributed by atoms with Crippen LogP contribution in [0.25, 0.3) is 0 Å². The maximum Gasteiger partial charge on any atom is 0.240 e. The van der Waals surface area contributed by atoms with Crippen molar-refractivity contribution in [3.63, 3.8) is 0 Å². The van der Waals surface area contributed by atoms with Crippen LogP contribution in [0.5, 0.6) is 0 Å². The zero-order valence-corrected chi connectivity index (χ0v) is 12.8. The van der Waals surface area contributed by atoms with E-state index in [2.05, 4.69) is 16.9 Å². The lowest BCUT2D eigenvalue weighted by molar-refractivity contribution is 0.468. The first-order valence-corrected chi connectivity index (χ1v) is 8.40. The summed E-state index contributed by atoms with van der Waals surface area (Å²) >= 11 is 0. The van der Waals surface area contributed by atoms with Gasteiger partial charge in [0.25, 0.3) is 0 Å². The summed E-state index contributed by atoms with van der Waals surface area (Å²) in [5, 5.41) is 0. The van der Waals surface area contributed by atoms with Gasteiger partial charge in [0.2, 0.25) is 10.0 Å². The first-order chi connectivity index (χ1) is 9.40. The third-order valence-corrected chi connectivity index (χ3v) is 5.42. The molecule has 0 fully saturated rings. The van der Waals surface area contributed by atoms with E-state index in [1.54, 1.807) is 6.07 Å². The van der Waals surface area contributed by atoms with E-state index in [0.717, 1.165) is 30.4 Å². The number of benzene rings is 1. The van der Waals surface area contributed by atoms with Crippen molar-refractivity contribution in [2.75, 3.05) is 12.3 Å². The minimum Gasteiger partial charge on any atom is -0.399 e. The zero-order valence-electron chi connectivity index (χ0n) is 12.0. The zero-order chi connectivity index (χ0) is 14.8. The fraction of sp³-hybridized carbons (Fsp3) is 0.467. The Hall–Kier alpha value is -1.33. The molecule has 1 aromatic carbocycles. The lowest BCUT2D eigenvalue weighted by Crippen LogP contribution is -2.30. The van der Waals surface area contributed by atoms with Crippen LogP contribution in [0.1, 0.15) is 30.4 Å². The van der Waals surface area contributed by atoms with Crippen molar-refractivity contribution in [1.82, 2.24) is 4.72 Å². The molecular formula is C15H22N2O2S. The average Bonchev–Trinajstić information content (AvgIpc) is 2.42. The third-order valence-electron chi connectivity index (χ3n) is 3.87. The summed E-state index contributed by atoms with van der Waals surface area (Å²) in [6, 6.07) is 3.33. The van der Waals surface area contributed by atoms with Crippen molar-refractivity contribution in [2.24, 2.45) is 5.92 Å². The molecule has 5 heteroatoms.